The monoisotopic (exact) mass is 727 g/mol. The van der Waals surface area contributed by atoms with Gasteiger partial charge < -0.3 is 9.32 Å². The van der Waals surface area contributed by atoms with Crippen LogP contribution in [0.3, 0.4) is 0 Å². The fourth-order valence-electron chi connectivity index (χ4n) is 9.29. The summed E-state index contributed by atoms with van der Waals surface area (Å²) in [6, 6.07) is 80.8. The number of rotatable bonds is 7. The number of fused-ring (bicyclic) bond motifs is 6. The van der Waals surface area contributed by atoms with E-state index in [4.69, 9.17) is 4.42 Å². The number of anilines is 3. The Hall–Kier alpha value is -7.42. The smallest absolute Gasteiger partial charge is 0.159 e. The lowest BCUT2D eigenvalue weighted by atomic mass is 9.67. The van der Waals surface area contributed by atoms with E-state index in [1.54, 1.807) is 0 Å². The normalized spacial score (nSPS) is 12.7. The quantitative estimate of drug-likeness (QED) is 0.163. The van der Waals surface area contributed by atoms with Crippen molar-refractivity contribution in [2.75, 3.05) is 4.90 Å². The van der Waals surface area contributed by atoms with Crippen molar-refractivity contribution in [1.29, 1.82) is 0 Å². The van der Waals surface area contributed by atoms with Crippen molar-refractivity contribution in [1.82, 2.24) is 0 Å². The number of nitrogens with zero attached hydrogens (tertiary/aromatic N) is 1. The van der Waals surface area contributed by atoms with Gasteiger partial charge in [0.2, 0.25) is 0 Å². The van der Waals surface area contributed by atoms with E-state index in [0.29, 0.717) is 0 Å². The number of benzene rings is 9. The molecule has 268 valence electrons. The first-order valence-corrected chi connectivity index (χ1v) is 19.6. The first-order valence-electron chi connectivity index (χ1n) is 19.6. The van der Waals surface area contributed by atoms with E-state index >= 15 is 0 Å². The van der Waals surface area contributed by atoms with Crippen molar-refractivity contribution in [2.45, 2.75) is 5.41 Å². The molecule has 0 aliphatic heterocycles. The van der Waals surface area contributed by atoms with Gasteiger partial charge in [-0.15, -0.1) is 0 Å². The zero-order chi connectivity index (χ0) is 37.8. The molecule has 2 nitrogen and oxygen atoms in total. The Balaban J connectivity index is 1.14. The Morgan fingerprint density at radius 1 is 0.333 bits per heavy atom. The molecule has 0 spiro atoms. The topological polar surface area (TPSA) is 16.4 Å². The summed E-state index contributed by atoms with van der Waals surface area (Å²) in [5.74, 6) is 0. The molecule has 0 saturated heterocycles. The molecule has 9 aromatic carbocycles. The highest BCUT2D eigenvalue weighted by molar-refractivity contribution is 6.12. The Morgan fingerprint density at radius 3 is 1.51 bits per heavy atom. The Bertz CT molecular complexity index is 3030. The van der Waals surface area contributed by atoms with Crippen molar-refractivity contribution in [2.24, 2.45) is 0 Å². The van der Waals surface area contributed by atoms with Gasteiger partial charge in [-0.05, 0) is 86.5 Å². The first kappa shape index (κ1) is 33.0. The molecule has 0 bridgehead atoms. The van der Waals surface area contributed by atoms with Crippen LogP contribution in [0.4, 0.5) is 17.1 Å². The van der Waals surface area contributed by atoms with Crippen LogP contribution < -0.4 is 4.90 Å². The molecule has 57 heavy (non-hydrogen) atoms. The predicted octanol–water partition coefficient (Wildman–Crippen LogP) is 14.8. The standard InChI is InChI=1S/C55H37NO/c1-4-18-38(19-5-1)39-20-14-21-40(36-39)41-22-15-27-44(37-41)56(43-25-8-3-9-26-43)52-35-17-31-48-47-30-16-34-51(53(47)57-54(48)52)55(42-23-6-2-7-24-42)49-32-12-10-28-45(49)46-29-11-13-33-50(46)55/h1-37H. The number of hydrogen-bond acceptors (Lipinski definition) is 2. The van der Waals surface area contributed by atoms with Gasteiger partial charge in [-0.25, -0.2) is 0 Å². The molecule has 10 aromatic rings. The molecule has 1 aromatic heterocycles. The Kier molecular flexibility index (Phi) is 7.75. The van der Waals surface area contributed by atoms with Crippen molar-refractivity contribution < 1.29 is 4.42 Å². The lowest BCUT2D eigenvalue weighted by molar-refractivity contribution is 0.648. The molecule has 11 rings (SSSR count). The SMILES string of the molecule is c1ccc(-c2cccc(-c3cccc(N(c4ccccc4)c4cccc5c4oc4c(C6(c7ccccc7)c7ccccc7-c7ccccc76)cccc45)c3)c2)cc1. The number of para-hydroxylation sites is 3. The zero-order valence-corrected chi connectivity index (χ0v) is 31.2. The van der Waals surface area contributed by atoms with E-state index in [-0.39, 0.29) is 0 Å². The minimum Gasteiger partial charge on any atom is -0.453 e. The van der Waals surface area contributed by atoms with Gasteiger partial charge >= 0.3 is 0 Å². The number of hydrogen-bond donors (Lipinski definition) is 0. The summed E-state index contributed by atoms with van der Waals surface area (Å²) in [5.41, 5.74) is 16.4. The van der Waals surface area contributed by atoms with Crippen LogP contribution in [-0.4, -0.2) is 0 Å². The van der Waals surface area contributed by atoms with Gasteiger partial charge in [0.05, 0.1) is 11.1 Å². The third-order valence-electron chi connectivity index (χ3n) is 11.7. The second kappa shape index (κ2) is 13.4. The van der Waals surface area contributed by atoms with E-state index in [1.165, 1.54) is 44.5 Å². The molecule has 0 N–H and O–H groups in total. The molecule has 0 fully saturated rings. The summed E-state index contributed by atoms with van der Waals surface area (Å²) in [6.07, 6.45) is 0. The summed E-state index contributed by atoms with van der Waals surface area (Å²) in [7, 11) is 0. The average molecular weight is 728 g/mol. The molecule has 1 aliphatic carbocycles. The molecule has 0 unspecified atom stereocenters. The number of furan rings is 1. The van der Waals surface area contributed by atoms with Crippen molar-refractivity contribution >= 4 is 39.0 Å². The maximum absolute atomic E-state index is 7.37. The summed E-state index contributed by atoms with van der Waals surface area (Å²) in [4.78, 5) is 2.34. The predicted molar refractivity (Wildman–Crippen MR) is 237 cm³/mol. The zero-order valence-electron chi connectivity index (χ0n) is 31.2. The highest BCUT2D eigenvalue weighted by atomic mass is 16.3. The molecule has 0 radical (unpaired) electrons. The summed E-state index contributed by atoms with van der Waals surface area (Å²) in [6.45, 7) is 0. The van der Waals surface area contributed by atoms with Gasteiger partial charge in [0.25, 0.3) is 0 Å². The third kappa shape index (κ3) is 5.18. The summed E-state index contributed by atoms with van der Waals surface area (Å²) >= 11 is 0. The minimum absolute atomic E-state index is 0.580. The molecule has 0 saturated carbocycles. The molecule has 1 heterocycles. The van der Waals surface area contributed by atoms with Crippen molar-refractivity contribution in [3.63, 3.8) is 0 Å². The third-order valence-corrected chi connectivity index (χ3v) is 11.7. The lowest BCUT2D eigenvalue weighted by Crippen LogP contribution is -2.28. The van der Waals surface area contributed by atoms with E-state index in [1.807, 2.05) is 0 Å². The van der Waals surface area contributed by atoms with Gasteiger partial charge in [-0.1, -0.05) is 188 Å². The second-order valence-electron chi connectivity index (χ2n) is 14.8. The highest BCUT2D eigenvalue weighted by Crippen LogP contribution is 2.58. The van der Waals surface area contributed by atoms with Gasteiger partial charge in [0.1, 0.15) is 5.58 Å². The fraction of sp³-hybridized carbons (Fsp3) is 0.0182. The summed E-state index contributed by atoms with van der Waals surface area (Å²) in [5, 5.41) is 2.18. The maximum Gasteiger partial charge on any atom is 0.159 e. The molecular weight excluding hydrogens is 691 g/mol. The van der Waals surface area contributed by atoms with Crippen LogP contribution in [0, 0.1) is 0 Å². The average Bonchev–Trinajstić information content (AvgIpc) is 3.83. The minimum atomic E-state index is -0.580. The lowest BCUT2D eigenvalue weighted by Gasteiger charge is -2.33. The first-order chi connectivity index (χ1) is 28.3. The van der Waals surface area contributed by atoms with Gasteiger partial charge in [0.15, 0.2) is 5.58 Å². The largest absolute Gasteiger partial charge is 0.453 e. The van der Waals surface area contributed by atoms with E-state index < -0.39 is 5.41 Å². The van der Waals surface area contributed by atoms with Crippen LogP contribution in [0.25, 0.3) is 55.3 Å². The Labute approximate surface area is 332 Å². The fourth-order valence-corrected chi connectivity index (χ4v) is 9.29. The van der Waals surface area contributed by atoms with Gasteiger partial charge in [0, 0.05) is 27.7 Å². The van der Waals surface area contributed by atoms with E-state index in [0.717, 1.165) is 50.1 Å². The molecular formula is C55H37NO. The van der Waals surface area contributed by atoms with Gasteiger partial charge in [-0.2, -0.15) is 0 Å². The van der Waals surface area contributed by atoms with Crippen LogP contribution in [0.1, 0.15) is 22.3 Å². The maximum atomic E-state index is 7.37. The molecule has 0 amide bonds. The molecule has 2 heteroatoms. The van der Waals surface area contributed by atoms with Crippen molar-refractivity contribution in [3.05, 3.63) is 247 Å². The van der Waals surface area contributed by atoms with Crippen LogP contribution in [-0.2, 0) is 5.41 Å². The van der Waals surface area contributed by atoms with Crippen LogP contribution in [0.2, 0.25) is 0 Å². The molecule has 0 atom stereocenters. The van der Waals surface area contributed by atoms with Crippen LogP contribution in [0.15, 0.2) is 229 Å². The highest BCUT2D eigenvalue weighted by Gasteiger charge is 2.47. The van der Waals surface area contributed by atoms with Crippen molar-refractivity contribution in [3.8, 4) is 33.4 Å². The van der Waals surface area contributed by atoms with Crippen LogP contribution in [0.5, 0.6) is 0 Å². The van der Waals surface area contributed by atoms with Gasteiger partial charge in [-0.3, -0.25) is 0 Å². The summed E-state index contributed by atoms with van der Waals surface area (Å²) < 4.78 is 7.37. The van der Waals surface area contributed by atoms with E-state index in [9.17, 15) is 0 Å². The second-order valence-corrected chi connectivity index (χ2v) is 14.8. The van der Waals surface area contributed by atoms with E-state index in [2.05, 4.69) is 229 Å². The van der Waals surface area contributed by atoms with Crippen LogP contribution >= 0.6 is 0 Å². The molecule has 1 aliphatic rings. The Morgan fingerprint density at radius 2 is 0.807 bits per heavy atom.